The predicted molar refractivity (Wildman–Crippen MR) is 90.7 cm³/mol. The number of anilines is 1. The number of amides is 1. The Balaban J connectivity index is 1.75. The maximum Gasteiger partial charge on any atom is 0.261 e. The Morgan fingerprint density at radius 3 is 2.88 bits per heavy atom. The zero-order chi connectivity index (χ0) is 16.9. The average Bonchev–Trinajstić information content (AvgIpc) is 3.00. The second-order valence-corrected chi connectivity index (χ2v) is 7.09. The Bertz CT molecular complexity index is 1010. The highest BCUT2D eigenvalue weighted by molar-refractivity contribution is 6.52. The van der Waals surface area contributed by atoms with E-state index in [1.807, 2.05) is 0 Å². The first kappa shape index (κ1) is 15.2. The number of aromatic nitrogens is 4. The molecule has 7 nitrogen and oxygen atoms in total. The number of aromatic amines is 1. The molecule has 0 spiro atoms. The fraction of sp³-hybridized carbons (Fsp3) is 0.200. The number of nitrogens with one attached hydrogen (secondary N) is 2. The molecule has 0 aliphatic heterocycles. The van der Waals surface area contributed by atoms with Gasteiger partial charge in [0.25, 0.3) is 5.56 Å². The molecule has 4 rings (SSSR count). The highest BCUT2D eigenvalue weighted by Crippen LogP contribution is 2.53. The highest BCUT2D eigenvalue weighted by atomic mass is 35.5. The summed E-state index contributed by atoms with van der Waals surface area (Å²) in [5, 5.41) is 7.39. The normalized spacial score (nSPS) is 18.5. The first-order valence-electron chi connectivity index (χ1n) is 7.17. The number of carbonyl (C=O) groups excluding carboxylic acids is 1. The number of carbonyl (C=O) groups is 1. The van der Waals surface area contributed by atoms with E-state index >= 15 is 0 Å². The van der Waals surface area contributed by atoms with Crippen LogP contribution in [0.15, 0.2) is 41.6 Å². The zero-order valence-electron chi connectivity index (χ0n) is 12.2. The second kappa shape index (κ2) is 5.32. The van der Waals surface area contributed by atoms with Gasteiger partial charge in [-0.25, -0.2) is 9.67 Å². The summed E-state index contributed by atoms with van der Waals surface area (Å²) in [7, 11) is 0. The molecule has 9 heteroatoms. The summed E-state index contributed by atoms with van der Waals surface area (Å²) in [4.78, 5) is 30.7. The minimum Gasteiger partial charge on any atom is -0.324 e. The maximum atomic E-state index is 12.2. The van der Waals surface area contributed by atoms with Crippen molar-refractivity contribution in [1.29, 1.82) is 0 Å². The molecule has 1 aromatic carbocycles. The van der Waals surface area contributed by atoms with E-state index in [1.54, 1.807) is 24.3 Å². The lowest BCUT2D eigenvalue weighted by Gasteiger charge is -2.11. The van der Waals surface area contributed by atoms with Gasteiger partial charge in [-0.1, -0.05) is 12.1 Å². The van der Waals surface area contributed by atoms with Crippen LogP contribution in [0.25, 0.3) is 16.7 Å². The Kier molecular flexibility index (Phi) is 3.36. The minimum atomic E-state index is -0.994. The van der Waals surface area contributed by atoms with Crippen LogP contribution in [0.4, 0.5) is 5.69 Å². The SMILES string of the molecule is O=C(Nc1ccccc1-n1ncc2c(=O)[nH]cnc21)C1CC1(Cl)Cl. The largest absolute Gasteiger partial charge is 0.324 e. The summed E-state index contributed by atoms with van der Waals surface area (Å²) in [6.07, 6.45) is 3.17. The molecule has 1 amide bonds. The van der Waals surface area contributed by atoms with Gasteiger partial charge in [0.15, 0.2) is 5.65 Å². The summed E-state index contributed by atoms with van der Waals surface area (Å²) in [6, 6.07) is 7.09. The lowest BCUT2D eigenvalue weighted by Crippen LogP contribution is -2.18. The van der Waals surface area contributed by atoms with E-state index in [2.05, 4.69) is 20.4 Å². The van der Waals surface area contributed by atoms with Crippen LogP contribution in [0.1, 0.15) is 6.42 Å². The molecule has 1 aliphatic carbocycles. The fourth-order valence-electron chi connectivity index (χ4n) is 2.51. The third kappa shape index (κ3) is 2.46. The Morgan fingerprint density at radius 2 is 2.12 bits per heavy atom. The summed E-state index contributed by atoms with van der Waals surface area (Å²) in [6.45, 7) is 0. The van der Waals surface area contributed by atoms with Gasteiger partial charge in [-0.15, -0.1) is 23.2 Å². The van der Waals surface area contributed by atoms with Crippen molar-refractivity contribution in [3.8, 4) is 5.69 Å². The van der Waals surface area contributed by atoms with Crippen molar-refractivity contribution in [3.63, 3.8) is 0 Å². The number of hydrogen-bond donors (Lipinski definition) is 2. The van der Waals surface area contributed by atoms with Gasteiger partial charge in [-0.05, 0) is 18.6 Å². The molecule has 1 unspecified atom stereocenters. The van der Waals surface area contributed by atoms with Crippen LogP contribution in [-0.2, 0) is 4.79 Å². The minimum absolute atomic E-state index is 0.255. The zero-order valence-corrected chi connectivity index (χ0v) is 13.7. The predicted octanol–water partition coefficient (Wildman–Crippen LogP) is 2.24. The van der Waals surface area contributed by atoms with E-state index in [9.17, 15) is 9.59 Å². The number of nitrogens with zero attached hydrogens (tertiary/aromatic N) is 3. The van der Waals surface area contributed by atoms with E-state index in [0.717, 1.165) is 0 Å². The second-order valence-electron chi connectivity index (χ2n) is 5.55. The van der Waals surface area contributed by atoms with Crippen molar-refractivity contribution in [1.82, 2.24) is 19.7 Å². The maximum absolute atomic E-state index is 12.2. The van der Waals surface area contributed by atoms with Gasteiger partial charge in [0.2, 0.25) is 5.91 Å². The Labute approximate surface area is 145 Å². The van der Waals surface area contributed by atoms with Gasteiger partial charge >= 0.3 is 0 Å². The number of hydrogen-bond acceptors (Lipinski definition) is 4. The van der Waals surface area contributed by atoms with E-state index in [1.165, 1.54) is 17.2 Å². The smallest absolute Gasteiger partial charge is 0.261 e. The molecule has 2 N–H and O–H groups in total. The van der Waals surface area contributed by atoms with Crippen molar-refractivity contribution < 1.29 is 4.79 Å². The summed E-state index contributed by atoms with van der Waals surface area (Å²) in [5.74, 6) is -0.695. The van der Waals surface area contributed by atoms with Gasteiger partial charge in [0.05, 0.1) is 29.8 Å². The number of para-hydroxylation sites is 2. The average molecular weight is 364 g/mol. The van der Waals surface area contributed by atoms with E-state index < -0.39 is 10.3 Å². The summed E-state index contributed by atoms with van der Waals surface area (Å²) >= 11 is 11.9. The fourth-order valence-corrected chi connectivity index (χ4v) is 3.02. The topological polar surface area (TPSA) is 92.7 Å². The van der Waals surface area contributed by atoms with Crippen molar-refractivity contribution in [2.45, 2.75) is 10.8 Å². The molecule has 0 saturated heterocycles. The molecule has 24 heavy (non-hydrogen) atoms. The summed E-state index contributed by atoms with van der Waals surface area (Å²) < 4.78 is 0.508. The van der Waals surface area contributed by atoms with Gasteiger partial charge in [0.1, 0.15) is 9.72 Å². The molecular formula is C15H11Cl2N5O2. The van der Waals surface area contributed by atoms with Crippen LogP contribution in [0.3, 0.4) is 0 Å². The number of alkyl halides is 2. The lowest BCUT2D eigenvalue weighted by atomic mass is 10.2. The van der Waals surface area contributed by atoms with Crippen LogP contribution < -0.4 is 10.9 Å². The molecule has 1 saturated carbocycles. The van der Waals surface area contributed by atoms with Gasteiger partial charge in [-0.2, -0.15) is 5.10 Å². The van der Waals surface area contributed by atoms with Gasteiger partial charge < -0.3 is 10.3 Å². The molecule has 0 radical (unpaired) electrons. The molecule has 1 aliphatic rings. The molecule has 1 fully saturated rings. The van der Waals surface area contributed by atoms with E-state index in [4.69, 9.17) is 23.2 Å². The number of rotatable bonds is 3. The Hall–Kier alpha value is -2.38. The van der Waals surface area contributed by atoms with Gasteiger partial charge in [-0.3, -0.25) is 9.59 Å². The standard InChI is InChI=1S/C15H11Cl2N5O2/c16-15(17)5-9(15)14(24)21-10-3-1-2-4-11(10)22-12-8(6-20-22)13(23)19-7-18-12/h1-4,6-7,9H,5H2,(H,21,24)(H,18,19,23). The van der Waals surface area contributed by atoms with Crippen molar-refractivity contribution in [2.75, 3.05) is 5.32 Å². The quantitative estimate of drug-likeness (QED) is 0.697. The molecule has 2 aromatic heterocycles. The lowest BCUT2D eigenvalue weighted by molar-refractivity contribution is -0.117. The Morgan fingerprint density at radius 1 is 1.38 bits per heavy atom. The van der Waals surface area contributed by atoms with Crippen LogP contribution in [0, 0.1) is 5.92 Å². The molecule has 2 heterocycles. The van der Waals surface area contributed by atoms with Crippen LogP contribution in [0.2, 0.25) is 0 Å². The molecule has 122 valence electrons. The third-order valence-electron chi connectivity index (χ3n) is 3.90. The monoisotopic (exact) mass is 363 g/mol. The van der Waals surface area contributed by atoms with Crippen LogP contribution >= 0.6 is 23.2 Å². The van der Waals surface area contributed by atoms with Crippen LogP contribution in [0.5, 0.6) is 0 Å². The molecule has 0 bridgehead atoms. The van der Waals surface area contributed by atoms with Crippen molar-refractivity contribution >= 4 is 45.8 Å². The number of H-pyrrole nitrogens is 1. The number of benzene rings is 1. The van der Waals surface area contributed by atoms with Gasteiger partial charge in [0, 0.05) is 0 Å². The van der Waals surface area contributed by atoms with Crippen LogP contribution in [-0.4, -0.2) is 30.0 Å². The van der Waals surface area contributed by atoms with Crippen molar-refractivity contribution in [3.05, 3.63) is 47.1 Å². The first-order valence-corrected chi connectivity index (χ1v) is 7.92. The third-order valence-corrected chi connectivity index (χ3v) is 4.74. The van der Waals surface area contributed by atoms with E-state index in [0.29, 0.717) is 28.8 Å². The van der Waals surface area contributed by atoms with Crippen molar-refractivity contribution in [2.24, 2.45) is 5.92 Å². The molecule has 3 aromatic rings. The molecule has 1 atom stereocenters. The summed E-state index contributed by atoms with van der Waals surface area (Å²) in [5.41, 5.74) is 1.25. The first-order chi connectivity index (χ1) is 11.5. The number of fused-ring (bicyclic) bond motifs is 1. The molecular weight excluding hydrogens is 353 g/mol. The number of halogens is 2. The highest BCUT2D eigenvalue weighted by Gasteiger charge is 2.56. The van der Waals surface area contributed by atoms with E-state index in [-0.39, 0.29) is 11.5 Å².